The molecule has 0 saturated heterocycles. The summed E-state index contributed by atoms with van der Waals surface area (Å²) in [7, 11) is 0. The van der Waals surface area contributed by atoms with Crippen molar-refractivity contribution in [1.82, 2.24) is 0 Å². The number of benzene rings is 2. The molecule has 1 aliphatic carbocycles. The first-order valence-corrected chi connectivity index (χ1v) is 10.5. The van der Waals surface area contributed by atoms with E-state index in [1.165, 1.54) is 12.1 Å². The van der Waals surface area contributed by atoms with E-state index in [1.807, 2.05) is 32.1 Å². The maximum atomic E-state index is 15.2. The number of alkyl halides is 2. The third-order valence-corrected chi connectivity index (χ3v) is 5.81. The van der Waals surface area contributed by atoms with Gasteiger partial charge >= 0.3 is 6.11 Å². The quantitative estimate of drug-likeness (QED) is 0.347. The van der Waals surface area contributed by atoms with Gasteiger partial charge in [-0.2, -0.15) is 14.0 Å². The second kappa shape index (κ2) is 9.55. The Morgan fingerprint density at radius 1 is 1.10 bits per heavy atom. The Morgan fingerprint density at radius 2 is 1.74 bits per heavy atom. The van der Waals surface area contributed by atoms with Crippen LogP contribution in [0.4, 0.5) is 17.6 Å². The summed E-state index contributed by atoms with van der Waals surface area (Å²) in [5, 5.41) is 8.77. The first-order valence-electron chi connectivity index (χ1n) is 10.5. The summed E-state index contributed by atoms with van der Waals surface area (Å²) in [6.07, 6.45) is 4.77. The largest absolute Gasteiger partial charge is 0.429 e. The number of nitriles is 1. The van der Waals surface area contributed by atoms with Gasteiger partial charge in [-0.15, -0.1) is 0 Å². The predicted molar refractivity (Wildman–Crippen MR) is 111 cm³/mol. The molecule has 31 heavy (non-hydrogen) atoms. The van der Waals surface area contributed by atoms with Crippen LogP contribution >= 0.6 is 0 Å². The van der Waals surface area contributed by atoms with Crippen LogP contribution in [0.1, 0.15) is 80.0 Å². The molecular weight excluding hydrogens is 406 g/mol. The zero-order chi connectivity index (χ0) is 22.6. The molecule has 1 fully saturated rings. The molecular formula is C25H25F4NO. The SMILES string of the molecule is C/C=C/C(C)c1ccc(C(F)(F)Oc2cc(F)c(C#N)c(F)c2)c(C2CCCCC2)c1. The highest BCUT2D eigenvalue weighted by Crippen LogP contribution is 2.42. The fourth-order valence-corrected chi connectivity index (χ4v) is 4.20. The normalized spacial score (nSPS) is 16.3. The minimum atomic E-state index is -3.79. The smallest absolute Gasteiger partial charge is 0.426 e. The molecule has 0 N–H and O–H groups in total. The van der Waals surface area contributed by atoms with E-state index < -0.39 is 29.1 Å². The van der Waals surface area contributed by atoms with Crippen molar-refractivity contribution in [3.8, 4) is 11.8 Å². The number of halogens is 4. The molecule has 0 radical (unpaired) electrons. The van der Waals surface area contributed by atoms with Crippen LogP contribution < -0.4 is 4.74 Å². The van der Waals surface area contributed by atoms with E-state index in [0.29, 0.717) is 17.7 Å². The lowest BCUT2D eigenvalue weighted by atomic mass is 9.80. The lowest BCUT2D eigenvalue weighted by Gasteiger charge is -2.28. The van der Waals surface area contributed by atoms with E-state index in [-0.39, 0.29) is 17.4 Å². The van der Waals surface area contributed by atoms with E-state index in [0.717, 1.165) is 37.7 Å². The Balaban J connectivity index is 2.01. The Hall–Kier alpha value is -2.81. The molecule has 0 bridgehead atoms. The molecule has 0 heterocycles. The fourth-order valence-electron chi connectivity index (χ4n) is 4.20. The maximum Gasteiger partial charge on any atom is 0.426 e. The fraction of sp³-hybridized carbons (Fsp3) is 0.400. The monoisotopic (exact) mass is 431 g/mol. The molecule has 1 aliphatic rings. The molecule has 1 atom stereocenters. The molecule has 0 aliphatic heterocycles. The minimum absolute atomic E-state index is 0.0228. The van der Waals surface area contributed by atoms with Crippen LogP contribution in [-0.2, 0) is 6.11 Å². The van der Waals surface area contributed by atoms with Crippen molar-refractivity contribution in [2.45, 2.75) is 63.9 Å². The maximum absolute atomic E-state index is 15.2. The van der Waals surface area contributed by atoms with Crippen molar-refractivity contribution >= 4 is 0 Å². The van der Waals surface area contributed by atoms with Crippen LogP contribution in [0.3, 0.4) is 0 Å². The van der Waals surface area contributed by atoms with E-state index >= 15 is 8.78 Å². The average molecular weight is 431 g/mol. The van der Waals surface area contributed by atoms with E-state index in [1.54, 1.807) is 6.07 Å². The third-order valence-electron chi connectivity index (χ3n) is 5.81. The van der Waals surface area contributed by atoms with Crippen LogP contribution in [-0.4, -0.2) is 0 Å². The Bertz CT molecular complexity index is 980. The number of hydrogen-bond acceptors (Lipinski definition) is 2. The summed E-state index contributed by atoms with van der Waals surface area (Å²) >= 11 is 0. The lowest BCUT2D eigenvalue weighted by Crippen LogP contribution is -2.25. The number of ether oxygens (including phenoxy) is 1. The summed E-state index contributed by atoms with van der Waals surface area (Å²) in [5.41, 5.74) is 0.323. The molecule has 2 aromatic carbocycles. The van der Waals surface area contributed by atoms with Gasteiger partial charge in [-0.1, -0.05) is 50.5 Å². The van der Waals surface area contributed by atoms with Gasteiger partial charge < -0.3 is 4.74 Å². The van der Waals surface area contributed by atoms with Crippen LogP contribution in [0.5, 0.6) is 5.75 Å². The number of hydrogen-bond donors (Lipinski definition) is 0. The summed E-state index contributed by atoms with van der Waals surface area (Å²) in [6.45, 7) is 3.90. The van der Waals surface area contributed by atoms with Crippen molar-refractivity contribution in [3.63, 3.8) is 0 Å². The van der Waals surface area contributed by atoms with Gasteiger partial charge in [0, 0.05) is 12.1 Å². The molecule has 1 unspecified atom stereocenters. The highest BCUT2D eigenvalue weighted by atomic mass is 19.3. The molecule has 2 aromatic rings. The molecule has 1 saturated carbocycles. The molecule has 3 rings (SSSR count). The van der Waals surface area contributed by atoms with Gasteiger partial charge in [-0.3, -0.25) is 0 Å². The van der Waals surface area contributed by atoms with Gasteiger partial charge in [0.2, 0.25) is 0 Å². The Morgan fingerprint density at radius 3 is 2.32 bits per heavy atom. The standard InChI is InChI=1S/C25H25F4NO/c1-3-7-16(2)18-10-11-22(20(12-18)17-8-5-4-6-9-17)25(28,29)31-19-13-23(26)21(15-30)24(27)14-19/h3,7,10-14,16-17H,4-6,8-9H2,1-2H3/b7-3+. The van der Waals surface area contributed by atoms with Crippen molar-refractivity contribution in [2.24, 2.45) is 0 Å². The summed E-state index contributed by atoms with van der Waals surface area (Å²) in [6, 6.07) is 7.40. The van der Waals surface area contributed by atoms with Gasteiger partial charge in [0.1, 0.15) is 29.0 Å². The van der Waals surface area contributed by atoms with E-state index in [4.69, 9.17) is 10.00 Å². The second-order valence-electron chi connectivity index (χ2n) is 7.99. The number of rotatable bonds is 6. The summed E-state index contributed by atoms with van der Waals surface area (Å²) < 4.78 is 63.0. The Labute approximate surface area is 180 Å². The van der Waals surface area contributed by atoms with E-state index in [2.05, 4.69) is 0 Å². The van der Waals surface area contributed by atoms with Crippen LogP contribution in [0.25, 0.3) is 0 Å². The molecule has 0 aromatic heterocycles. The molecule has 164 valence electrons. The molecule has 0 spiro atoms. The molecule has 2 nitrogen and oxygen atoms in total. The highest BCUT2D eigenvalue weighted by Gasteiger charge is 2.39. The Kier molecular flexibility index (Phi) is 7.04. The van der Waals surface area contributed by atoms with Crippen LogP contribution in [0.2, 0.25) is 0 Å². The predicted octanol–water partition coefficient (Wildman–Crippen LogP) is 7.69. The first-order chi connectivity index (χ1) is 14.8. The van der Waals surface area contributed by atoms with Gasteiger partial charge in [0.15, 0.2) is 0 Å². The first kappa shape index (κ1) is 22.9. The van der Waals surface area contributed by atoms with Gasteiger partial charge in [0.05, 0.1) is 5.56 Å². The second-order valence-corrected chi connectivity index (χ2v) is 7.99. The average Bonchev–Trinajstić information content (AvgIpc) is 2.73. The van der Waals surface area contributed by atoms with Gasteiger partial charge in [-0.05, 0) is 48.8 Å². The van der Waals surface area contributed by atoms with Gasteiger partial charge in [-0.25, -0.2) is 8.78 Å². The van der Waals surface area contributed by atoms with Crippen molar-refractivity contribution < 1.29 is 22.3 Å². The minimum Gasteiger partial charge on any atom is -0.429 e. The van der Waals surface area contributed by atoms with Crippen LogP contribution in [0.15, 0.2) is 42.5 Å². The van der Waals surface area contributed by atoms with Crippen molar-refractivity contribution in [2.75, 3.05) is 0 Å². The van der Waals surface area contributed by atoms with Crippen molar-refractivity contribution in [1.29, 1.82) is 5.26 Å². The summed E-state index contributed by atoms with van der Waals surface area (Å²) in [4.78, 5) is 0. The van der Waals surface area contributed by atoms with Crippen LogP contribution in [0, 0.1) is 23.0 Å². The molecule has 6 heteroatoms. The highest BCUT2D eigenvalue weighted by molar-refractivity contribution is 5.41. The van der Waals surface area contributed by atoms with Gasteiger partial charge in [0.25, 0.3) is 0 Å². The number of allylic oxidation sites excluding steroid dienone is 2. The van der Waals surface area contributed by atoms with Crippen molar-refractivity contribution in [3.05, 3.63) is 76.4 Å². The number of nitrogens with zero attached hydrogens (tertiary/aromatic N) is 1. The molecule has 0 amide bonds. The zero-order valence-electron chi connectivity index (χ0n) is 17.6. The topological polar surface area (TPSA) is 33.0 Å². The zero-order valence-corrected chi connectivity index (χ0v) is 17.6. The lowest BCUT2D eigenvalue weighted by molar-refractivity contribution is -0.186. The van der Waals surface area contributed by atoms with E-state index in [9.17, 15) is 8.78 Å². The third kappa shape index (κ3) is 5.10. The summed E-state index contributed by atoms with van der Waals surface area (Å²) in [5.74, 6) is -3.10.